The van der Waals surface area contributed by atoms with Crippen molar-refractivity contribution in [2.75, 3.05) is 26.4 Å². The summed E-state index contributed by atoms with van der Waals surface area (Å²) in [5.74, 6) is -12.4. The Morgan fingerprint density at radius 3 is 1.49 bits per heavy atom. The first-order valence-electron chi connectivity index (χ1n) is 27.3. The quantitative estimate of drug-likeness (QED) is 0.0174. The molecule has 0 spiro atoms. The highest BCUT2D eigenvalue weighted by atomic mass is 16.5. The molecule has 0 bridgehead atoms. The van der Waals surface area contributed by atoms with Gasteiger partial charge in [0.05, 0.1) is 38.1 Å². The molecule has 84 heavy (non-hydrogen) atoms. The molecule has 30 heteroatoms. The fourth-order valence-electron chi connectivity index (χ4n) is 8.00. The minimum atomic E-state index is -1.89. The van der Waals surface area contributed by atoms with Crippen molar-refractivity contribution in [3.63, 3.8) is 0 Å². The molecule has 0 fully saturated rings. The summed E-state index contributed by atoms with van der Waals surface area (Å²) >= 11 is 0. The van der Waals surface area contributed by atoms with E-state index in [9.17, 15) is 73.5 Å². The highest BCUT2D eigenvalue weighted by Gasteiger charge is 2.40. The van der Waals surface area contributed by atoms with Crippen LogP contribution in [-0.4, -0.2) is 189 Å². The molecule has 0 aromatic heterocycles. The van der Waals surface area contributed by atoms with Crippen molar-refractivity contribution in [2.24, 2.45) is 39.9 Å². The van der Waals surface area contributed by atoms with Crippen molar-refractivity contribution in [1.29, 1.82) is 0 Å². The topological polar surface area (TPSA) is 500 Å². The monoisotopic (exact) mass is 1190 g/mol. The first-order chi connectivity index (χ1) is 39.6. The Morgan fingerprint density at radius 2 is 0.988 bits per heavy atom. The number of aliphatic carboxylic acids is 1. The van der Waals surface area contributed by atoms with Crippen LogP contribution in [0.1, 0.15) is 91.3 Å². The SMILES string of the molecule is CC[C@H](C)[C@H](NC(=O)[C@@H](CCCN=C(N)N)NC(=O)[C@H](CC(C)C)NC(=O)[C@@H](NC(=O)[C@@H](NC(=O)OCc1ccccc1)[C@H](N)c1ccccc1)[C@H](O)C(C)C)C(=O)N[C@H](C(=O)N[C@H](CO)C(=O)N[C@@H](CO)C(=O)N[C@@H](CO)C(=O)O)[C@H](C)O. The average Bonchev–Trinajstić information content (AvgIpc) is 3.01. The van der Waals surface area contributed by atoms with Gasteiger partial charge in [-0.3, -0.25) is 43.3 Å². The molecule has 0 aliphatic carbocycles. The third kappa shape index (κ3) is 24.1. The van der Waals surface area contributed by atoms with Gasteiger partial charge in [-0.2, -0.15) is 0 Å². The van der Waals surface area contributed by atoms with Crippen molar-refractivity contribution >= 4 is 65.3 Å². The maximum absolute atomic E-state index is 14.5. The number of carboxylic acid groups (broad SMARTS) is 1. The fourth-order valence-corrected chi connectivity index (χ4v) is 8.00. The zero-order chi connectivity index (χ0) is 63.4. The number of carbonyl (C=O) groups is 10. The van der Waals surface area contributed by atoms with Crippen molar-refractivity contribution in [3.05, 3.63) is 71.8 Å². The Morgan fingerprint density at radius 1 is 0.548 bits per heavy atom. The van der Waals surface area contributed by atoms with Gasteiger partial charge in [-0.15, -0.1) is 0 Å². The van der Waals surface area contributed by atoms with Crippen molar-refractivity contribution in [2.45, 2.75) is 153 Å². The molecule has 0 saturated carbocycles. The van der Waals surface area contributed by atoms with Gasteiger partial charge in [0.2, 0.25) is 47.3 Å². The number of nitrogens with one attached hydrogen (secondary N) is 9. The number of aliphatic hydroxyl groups is 5. The van der Waals surface area contributed by atoms with E-state index in [1.54, 1.807) is 102 Å². The fraction of sp³-hybridized carbons (Fsp3) is 0.574. The van der Waals surface area contributed by atoms with Crippen LogP contribution < -0.4 is 65.1 Å². The normalized spacial score (nSPS) is 15.8. The van der Waals surface area contributed by atoms with Crippen LogP contribution in [-0.2, 0) is 54.5 Å². The number of rotatable bonds is 36. The number of aliphatic hydroxyl groups excluding tert-OH is 5. The van der Waals surface area contributed by atoms with E-state index in [1.807, 2.05) is 10.6 Å². The maximum Gasteiger partial charge on any atom is 0.408 e. The molecule has 2 rings (SSSR count). The third-order valence-corrected chi connectivity index (χ3v) is 13.1. The molecule has 0 radical (unpaired) electrons. The molecule has 21 N–H and O–H groups in total. The standard InChI is InChI=1S/C54H85N13O17/c1-8-29(6)39(48(77)65-40(30(7)71)49(78)62-36(24-69)46(75)61-35(23-68)47(76)63-37(25-70)52(81)82)64-44(73)33(20-15-21-58-53(56)57)59-45(74)34(22-27(2)3)60-51(80)42(43(72)28(4)5)66-50(79)41(38(55)32-18-13-10-14-19-32)67-54(83)84-26-31-16-11-9-12-17-31/h9-14,16-19,27-30,33-43,68-72H,8,15,20-26,55H2,1-7H3,(H,59,74)(H,60,80)(H,61,75)(H,62,78)(H,63,76)(H,64,73)(H,65,77)(H,66,79)(H,67,83)(H,81,82)(H4,56,57,58)/t29-,30-,33+,34-,35-,36+,37-,38+,39-,40-,41-,42-,43+/m0/s1. The maximum atomic E-state index is 14.5. The van der Waals surface area contributed by atoms with Crippen LogP contribution in [0, 0.1) is 17.8 Å². The van der Waals surface area contributed by atoms with Gasteiger partial charge in [-0.05, 0) is 55.1 Å². The lowest BCUT2D eigenvalue weighted by atomic mass is 9.95. The lowest BCUT2D eigenvalue weighted by Crippen LogP contribution is -2.64. The summed E-state index contributed by atoms with van der Waals surface area (Å²) in [5.41, 5.74) is 18.7. The van der Waals surface area contributed by atoms with Gasteiger partial charge in [-0.1, -0.05) is 109 Å². The van der Waals surface area contributed by atoms with E-state index in [-0.39, 0.29) is 50.7 Å². The summed E-state index contributed by atoms with van der Waals surface area (Å²) in [7, 11) is 0. The largest absolute Gasteiger partial charge is 0.480 e. The highest BCUT2D eigenvalue weighted by molar-refractivity contribution is 5.98. The molecule has 0 aliphatic heterocycles. The summed E-state index contributed by atoms with van der Waals surface area (Å²) in [4.78, 5) is 139. The van der Waals surface area contributed by atoms with E-state index in [4.69, 9.17) is 27.0 Å². The first kappa shape index (κ1) is 72.1. The number of amides is 9. The number of carboxylic acids is 1. The van der Waals surface area contributed by atoms with Crippen LogP contribution in [0.5, 0.6) is 0 Å². The lowest BCUT2D eigenvalue weighted by Gasteiger charge is -2.32. The van der Waals surface area contributed by atoms with Crippen LogP contribution in [0.3, 0.4) is 0 Å². The summed E-state index contributed by atoms with van der Waals surface area (Å²) < 4.78 is 5.38. The van der Waals surface area contributed by atoms with E-state index in [1.165, 1.54) is 0 Å². The predicted molar refractivity (Wildman–Crippen MR) is 303 cm³/mol. The number of hydrogen-bond acceptors (Lipinski definition) is 18. The second-order valence-corrected chi connectivity index (χ2v) is 20.7. The Hall–Kier alpha value is -8.03. The minimum Gasteiger partial charge on any atom is -0.480 e. The van der Waals surface area contributed by atoms with Gasteiger partial charge >= 0.3 is 12.1 Å². The molecular weight excluding hydrogens is 1100 g/mol. The molecule has 13 atom stereocenters. The summed E-state index contributed by atoms with van der Waals surface area (Å²) in [6.07, 6.45) is -4.29. The lowest BCUT2D eigenvalue weighted by molar-refractivity contribution is -0.143. The van der Waals surface area contributed by atoms with E-state index >= 15 is 0 Å². The van der Waals surface area contributed by atoms with E-state index < -0.39 is 164 Å². The van der Waals surface area contributed by atoms with Crippen molar-refractivity contribution in [3.8, 4) is 0 Å². The predicted octanol–water partition coefficient (Wildman–Crippen LogP) is -4.54. The van der Waals surface area contributed by atoms with Gasteiger partial charge in [0.25, 0.3) is 0 Å². The van der Waals surface area contributed by atoms with Crippen LogP contribution in [0.25, 0.3) is 0 Å². The van der Waals surface area contributed by atoms with Crippen molar-refractivity contribution in [1.82, 2.24) is 47.9 Å². The van der Waals surface area contributed by atoms with E-state index in [2.05, 4.69) is 42.2 Å². The van der Waals surface area contributed by atoms with Gasteiger partial charge in [0, 0.05) is 6.54 Å². The second-order valence-electron chi connectivity index (χ2n) is 20.7. The van der Waals surface area contributed by atoms with Crippen LogP contribution in [0.4, 0.5) is 4.79 Å². The Balaban J connectivity index is 2.46. The molecule has 2 aromatic rings. The zero-order valence-electron chi connectivity index (χ0n) is 48.2. The molecule has 0 heterocycles. The molecule has 9 amide bonds. The molecule has 2 aromatic carbocycles. The van der Waals surface area contributed by atoms with Gasteiger partial charge in [-0.25, -0.2) is 9.59 Å². The summed E-state index contributed by atoms with van der Waals surface area (Å²) in [6, 6.07) is 0.500. The Bertz CT molecular complexity index is 2510. The third-order valence-electron chi connectivity index (χ3n) is 13.1. The molecular formula is C54H85N13O17. The molecule has 0 aliphatic rings. The zero-order valence-corrected chi connectivity index (χ0v) is 48.2. The number of aliphatic imine (C=N–C) groups is 1. The Kier molecular flexibility index (Phi) is 31.3. The van der Waals surface area contributed by atoms with Gasteiger partial charge in [0.1, 0.15) is 61.0 Å². The van der Waals surface area contributed by atoms with Crippen LogP contribution in [0.2, 0.25) is 0 Å². The molecule has 30 nitrogen and oxygen atoms in total. The smallest absolute Gasteiger partial charge is 0.408 e. The Labute approximate surface area is 486 Å². The van der Waals surface area contributed by atoms with Crippen molar-refractivity contribution < 1.29 is 83.3 Å². The number of ether oxygens (including phenoxy) is 1. The van der Waals surface area contributed by atoms with Gasteiger partial charge < -0.3 is 100 Å². The van der Waals surface area contributed by atoms with Gasteiger partial charge in [0.15, 0.2) is 5.96 Å². The summed E-state index contributed by atoms with van der Waals surface area (Å²) in [5, 5.41) is 81.5. The number of hydrogen-bond donors (Lipinski definition) is 18. The molecule has 0 saturated heterocycles. The average molecular weight is 1190 g/mol. The number of benzene rings is 2. The highest BCUT2D eigenvalue weighted by Crippen LogP contribution is 2.18. The van der Waals surface area contributed by atoms with E-state index in [0.29, 0.717) is 11.1 Å². The first-order valence-corrected chi connectivity index (χ1v) is 27.3. The second kappa shape index (κ2) is 36.5. The minimum absolute atomic E-state index is 0.0345. The van der Waals surface area contributed by atoms with Crippen LogP contribution >= 0.6 is 0 Å². The number of nitrogens with zero attached hydrogens (tertiary/aromatic N) is 1. The van der Waals surface area contributed by atoms with E-state index in [0.717, 1.165) is 6.92 Å². The number of guanidine groups is 1. The molecule has 468 valence electrons. The number of carbonyl (C=O) groups excluding carboxylic acids is 9. The molecule has 0 unspecified atom stereocenters. The number of nitrogens with two attached hydrogens (primary N) is 3. The number of alkyl carbamates (subject to hydrolysis) is 1. The summed E-state index contributed by atoms with van der Waals surface area (Å²) in [6.45, 7) is 7.46. The van der Waals surface area contributed by atoms with Crippen LogP contribution in [0.15, 0.2) is 65.7 Å².